The van der Waals surface area contributed by atoms with Gasteiger partial charge in [-0.1, -0.05) is 30.3 Å². The van der Waals surface area contributed by atoms with Gasteiger partial charge in [0.15, 0.2) is 0 Å². The number of carbonyl (C=O) groups is 1. The molecule has 0 spiro atoms. The van der Waals surface area contributed by atoms with Crippen LogP contribution in [0.25, 0.3) is 0 Å². The Morgan fingerprint density at radius 3 is 2.43 bits per heavy atom. The molecule has 0 aliphatic carbocycles. The molecule has 0 bridgehead atoms. The molecule has 0 aliphatic rings. The lowest BCUT2D eigenvalue weighted by molar-refractivity contribution is -0.130. The maximum atomic E-state index is 10.8. The van der Waals surface area contributed by atoms with Crippen molar-refractivity contribution in [3.05, 3.63) is 42.8 Å². The predicted molar refractivity (Wildman–Crippen MR) is 59.1 cm³/mol. The molecule has 0 heterocycles. The molecular weight excluding hydrogens is 192 g/mol. The second-order valence-electron chi connectivity index (χ2n) is 3.90. The van der Waals surface area contributed by atoms with Gasteiger partial charge in [0, 0.05) is 6.04 Å². The summed E-state index contributed by atoms with van der Waals surface area (Å²) in [5.41, 5.74) is 1.21. The summed E-state index contributed by atoms with van der Waals surface area (Å²) in [6.45, 7) is 7.27. The van der Waals surface area contributed by atoms with Crippen LogP contribution in [0.5, 0.6) is 0 Å². The van der Waals surface area contributed by atoms with E-state index < -0.39 is 14.3 Å². The molecule has 1 aromatic rings. The zero-order valence-corrected chi connectivity index (χ0v) is 9.62. The molecule has 0 aromatic heterocycles. The summed E-state index contributed by atoms with van der Waals surface area (Å²) in [6, 6.07) is 10.9. The van der Waals surface area contributed by atoms with Crippen LogP contribution in [0, 0.1) is 6.92 Å². The van der Waals surface area contributed by atoms with Gasteiger partial charge in [-0.2, -0.15) is 0 Å². The molecule has 75 valence electrons. The third-order valence-corrected chi connectivity index (χ3v) is 3.90. The summed E-state index contributed by atoms with van der Waals surface area (Å²) in [4.78, 5) is 10.8. The van der Waals surface area contributed by atoms with Crippen molar-refractivity contribution in [1.29, 1.82) is 0 Å². The van der Waals surface area contributed by atoms with Gasteiger partial charge in [0.05, 0.1) is 6.92 Å². The molecule has 0 N–H and O–H groups in total. The van der Waals surface area contributed by atoms with Crippen LogP contribution >= 0.6 is 0 Å². The van der Waals surface area contributed by atoms with E-state index in [0.717, 1.165) is 6.04 Å². The maximum Gasteiger partial charge on any atom is 0.293 e. The van der Waals surface area contributed by atoms with Gasteiger partial charge < -0.3 is 4.43 Å². The Morgan fingerprint density at radius 2 is 1.93 bits per heavy atom. The Balaban J connectivity index is 2.63. The van der Waals surface area contributed by atoms with E-state index in [-0.39, 0.29) is 0 Å². The lowest BCUT2D eigenvalue weighted by Crippen LogP contribution is -2.35. The van der Waals surface area contributed by atoms with Crippen molar-refractivity contribution in [3.63, 3.8) is 0 Å². The van der Waals surface area contributed by atoms with E-state index >= 15 is 0 Å². The van der Waals surface area contributed by atoms with Crippen molar-refractivity contribution in [2.45, 2.75) is 19.1 Å². The SMILES string of the molecule is [CH2]C(=O)O[Si](C)(C)Cc1ccccc1. The number of carbonyl (C=O) groups excluding carboxylic acids is 1. The van der Waals surface area contributed by atoms with Gasteiger partial charge in [0.2, 0.25) is 0 Å². The van der Waals surface area contributed by atoms with Crippen molar-refractivity contribution < 1.29 is 9.22 Å². The molecule has 3 heteroatoms. The van der Waals surface area contributed by atoms with Gasteiger partial charge in [-0.3, -0.25) is 4.79 Å². The highest BCUT2D eigenvalue weighted by Gasteiger charge is 2.25. The largest absolute Gasteiger partial charge is 0.519 e. The minimum atomic E-state index is -1.92. The Kier molecular flexibility index (Phi) is 3.47. The quantitative estimate of drug-likeness (QED) is 0.711. The molecule has 1 rings (SSSR count). The first kappa shape index (κ1) is 11.0. The van der Waals surface area contributed by atoms with Crippen LogP contribution in [0.4, 0.5) is 0 Å². The van der Waals surface area contributed by atoms with Crippen LogP contribution in [0.2, 0.25) is 13.1 Å². The number of benzene rings is 1. The van der Waals surface area contributed by atoms with Gasteiger partial charge in [0.25, 0.3) is 14.3 Å². The second kappa shape index (κ2) is 4.42. The van der Waals surface area contributed by atoms with Crippen molar-refractivity contribution >= 4 is 14.3 Å². The summed E-state index contributed by atoms with van der Waals surface area (Å²) >= 11 is 0. The van der Waals surface area contributed by atoms with Gasteiger partial charge in [-0.25, -0.2) is 0 Å². The Hall–Kier alpha value is -1.09. The maximum absolute atomic E-state index is 10.8. The summed E-state index contributed by atoms with van der Waals surface area (Å²) in [5.74, 6) is -0.419. The number of hydrogen-bond acceptors (Lipinski definition) is 2. The van der Waals surface area contributed by atoms with Crippen molar-refractivity contribution in [2.24, 2.45) is 0 Å². The lowest BCUT2D eigenvalue weighted by atomic mass is 10.2. The first-order valence-electron chi connectivity index (χ1n) is 4.58. The number of hydrogen-bond donors (Lipinski definition) is 0. The Labute approximate surface area is 86.0 Å². The fraction of sp³-hybridized carbons (Fsp3) is 0.273. The highest BCUT2D eigenvalue weighted by molar-refractivity contribution is 6.72. The highest BCUT2D eigenvalue weighted by Crippen LogP contribution is 2.13. The van der Waals surface area contributed by atoms with E-state index in [1.165, 1.54) is 5.56 Å². The molecule has 0 saturated heterocycles. The zero-order valence-electron chi connectivity index (χ0n) is 8.62. The smallest absolute Gasteiger partial charge is 0.293 e. The summed E-state index contributed by atoms with van der Waals surface area (Å²) < 4.78 is 5.23. The van der Waals surface area contributed by atoms with E-state index in [0.29, 0.717) is 0 Å². The second-order valence-corrected chi connectivity index (χ2v) is 7.97. The molecular formula is C11H15O2Si. The Bertz CT molecular complexity index is 306. The molecule has 1 radical (unpaired) electrons. The van der Waals surface area contributed by atoms with E-state index in [2.05, 4.69) is 6.92 Å². The number of rotatable bonds is 3. The molecule has 1 aromatic carbocycles. The molecule has 0 unspecified atom stereocenters. The van der Waals surface area contributed by atoms with E-state index in [1.807, 2.05) is 43.4 Å². The van der Waals surface area contributed by atoms with Gasteiger partial charge in [0.1, 0.15) is 0 Å². The van der Waals surface area contributed by atoms with Crippen molar-refractivity contribution in [1.82, 2.24) is 0 Å². The highest BCUT2D eigenvalue weighted by atomic mass is 28.4. The first-order chi connectivity index (χ1) is 6.49. The van der Waals surface area contributed by atoms with Crippen LogP contribution in [0.3, 0.4) is 0 Å². The Morgan fingerprint density at radius 1 is 1.36 bits per heavy atom. The molecule has 2 nitrogen and oxygen atoms in total. The average Bonchev–Trinajstić information content (AvgIpc) is 2.02. The molecule has 14 heavy (non-hydrogen) atoms. The normalized spacial score (nSPS) is 11.1. The van der Waals surface area contributed by atoms with E-state index in [1.54, 1.807) is 0 Å². The molecule has 0 saturated carbocycles. The topological polar surface area (TPSA) is 26.3 Å². The zero-order chi connectivity index (χ0) is 10.6. The molecule has 0 atom stereocenters. The average molecular weight is 207 g/mol. The van der Waals surface area contributed by atoms with Crippen LogP contribution in [-0.2, 0) is 15.3 Å². The molecule has 0 aliphatic heterocycles. The molecule has 0 fully saturated rings. The van der Waals surface area contributed by atoms with Crippen LogP contribution in [0.15, 0.2) is 30.3 Å². The van der Waals surface area contributed by atoms with Crippen LogP contribution in [-0.4, -0.2) is 14.3 Å². The van der Waals surface area contributed by atoms with Gasteiger partial charge >= 0.3 is 0 Å². The van der Waals surface area contributed by atoms with E-state index in [9.17, 15) is 4.79 Å². The van der Waals surface area contributed by atoms with Crippen LogP contribution < -0.4 is 0 Å². The minimum Gasteiger partial charge on any atom is -0.519 e. The first-order valence-corrected chi connectivity index (χ1v) is 7.70. The van der Waals surface area contributed by atoms with Crippen molar-refractivity contribution in [3.8, 4) is 0 Å². The monoisotopic (exact) mass is 207 g/mol. The standard InChI is InChI=1S/C11H15O2Si/c1-10(12)13-14(2,3)9-11-7-5-4-6-8-11/h4-8H,1,9H2,2-3H3. The van der Waals surface area contributed by atoms with Crippen LogP contribution in [0.1, 0.15) is 5.56 Å². The summed E-state index contributed by atoms with van der Waals surface area (Å²) in [7, 11) is -1.92. The minimum absolute atomic E-state index is 0.419. The molecule has 0 amide bonds. The van der Waals surface area contributed by atoms with E-state index in [4.69, 9.17) is 4.43 Å². The lowest BCUT2D eigenvalue weighted by Gasteiger charge is -2.21. The third kappa shape index (κ3) is 3.74. The summed E-state index contributed by atoms with van der Waals surface area (Å²) in [5, 5.41) is 0. The predicted octanol–water partition coefficient (Wildman–Crippen LogP) is 2.35. The van der Waals surface area contributed by atoms with Gasteiger partial charge in [-0.15, -0.1) is 0 Å². The fourth-order valence-electron chi connectivity index (χ4n) is 1.43. The fourth-order valence-corrected chi connectivity index (χ4v) is 3.34. The summed E-state index contributed by atoms with van der Waals surface area (Å²) in [6.07, 6.45) is 0. The third-order valence-electron chi connectivity index (χ3n) is 1.86. The van der Waals surface area contributed by atoms with Gasteiger partial charge in [-0.05, 0) is 18.7 Å². The van der Waals surface area contributed by atoms with Crippen molar-refractivity contribution in [2.75, 3.05) is 0 Å².